The Morgan fingerprint density at radius 3 is 2.79 bits per heavy atom. The Balaban J connectivity index is 1.52. The lowest BCUT2D eigenvalue weighted by atomic mass is 9.83. The van der Waals surface area contributed by atoms with E-state index in [2.05, 4.69) is 26.2 Å². The fourth-order valence-corrected chi connectivity index (χ4v) is 4.24. The fraction of sp³-hybridized carbons (Fsp3) is 0.545. The van der Waals surface area contributed by atoms with Crippen molar-refractivity contribution in [3.05, 3.63) is 34.4 Å². The van der Waals surface area contributed by atoms with Crippen molar-refractivity contribution in [1.82, 2.24) is 10.3 Å². The van der Waals surface area contributed by atoms with Crippen LogP contribution in [-0.4, -0.2) is 28.5 Å². The Morgan fingerprint density at radius 1 is 1.25 bits per heavy atom. The predicted octanol–water partition coefficient (Wildman–Crippen LogP) is 5.34. The van der Waals surface area contributed by atoms with E-state index in [0.29, 0.717) is 18.0 Å². The second kappa shape index (κ2) is 8.68. The van der Waals surface area contributed by atoms with Crippen LogP contribution in [0.5, 0.6) is 0 Å². The minimum atomic E-state index is -0.435. The molecule has 1 aromatic heterocycles. The second-order valence-corrected chi connectivity index (χ2v) is 9.66. The van der Waals surface area contributed by atoms with E-state index in [4.69, 9.17) is 4.74 Å². The SMILES string of the molecule is CC(C)(C)OC(=O)CCC1CCC[C@@H](NC(=O)c2cc3ccc(Br)cc3[nH]2)C1. The van der Waals surface area contributed by atoms with Crippen LogP contribution in [0.25, 0.3) is 10.9 Å². The number of esters is 1. The first-order chi connectivity index (χ1) is 13.2. The highest BCUT2D eigenvalue weighted by molar-refractivity contribution is 9.10. The standard InChI is InChI=1S/C22H29BrN2O3/c1-22(2,3)28-20(26)10-7-14-5-4-6-17(11-14)24-21(27)19-12-15-8-9-16(23)13-18(15)25-19/h8-9,12-14,17,25H,4-7,10-11H2,1-3H3,(H,24,27)/t14?,17-/m1/s1. The Bertz CT molecular complexity index is 853. The molecule has 2 aromatic rings. The molecule has 0 spiro atoms. The average Bonchev–Trinajstić information content (AvgIpc) is 3.02. The molecule has 0 bridgehead atoms. The van der Waals surface area contributed by atoms with Crippen LogP contribution >= 0.6 is 15.9 Å². The number of aromatic amines is 1. The lowest BCUT2D eigenvalue weighted by molar-refractivity contribution is -0.155. The van der Waals surface area contributed by atoms with Gasteiger partial charge in [-0.1, -0.05) is 34.8 Å². The third-order valence-corrected chi connectivity index (χ3v) is 5.62. The number of halogens is 1. The summed E-state index contributed by atoms with van der Waals surface area (Å²) in [4.78, 5) is 27.8. The van der Waals surface area contributed by atoms with E-state index in [0.717, 1.165) is 47.5 Å². The zero-order valence-electron chi connectivity index (χ0n) is 16.8. The Kier molecular flexibility index (Phi) is 6.48. The number of benzene rings is 1. The molecule has 6 heteroatoms. The summed E-state index contributed by atoms with van der Waals surface area (Å²) < 4.78 is 6.38. The largest absolute Gasteiger partial charge is 0.460 e. The van der Waals surface area contributed by atoms with Gasteiger partial charge in [0.15, 0.2) is 0 Å². The number of aromatic nitrogens is 1. The highest BCUT2D eigenvalue weighted by atomic mass is 79.9. The monoisotopic (exact) mass is 448 g/mol. The van der Waals surface area contributed by atoms with E-state index in [1.54, 1.807) is 0 Å². The van der Waals surface area contributed by atoms with Crippen molar-refractivity contribution in [2.45, 2.75) is 70.9 Å². The third-order valence-electron chi connectivity index (χ3n) is 5.12. The van der Waals surface area contributed by atoms with Gasteiger partial charge in [0.1, 0.15) is 11.3 Å². The maximum Gasteiger partial charge on any atom is 0.306 e. The molecular weight excluding hydrogens is 420 g/mol. The van der Waals surface area contributed by atoms with Gasteiger partial charge in [0.2, 0.25) is 0 Å². The van der Waals surface area contributed by atoms with Gasteiger partial charge in [0.05, 0.1) is 0 Å². The molecule has 2 atom stereocenters. The summed E-state index contributed by atoms with van der Waals surface area (Å²) in [5.41, 5.74) is 1.09. The van der Waals surface area contributed by atoms with Crippen molar-refractivity contribution < 1.29 is 14.3 Å². The van der Waals surface area contributed by atoms with Gasteiger partial charge in [0.25, 0.3) is 5.91 Å². The van der Waals surface area contributed by atoms with Gasteiger partial charge in [-0.3, -0.25) is 9.59 Å². The molecule has 1 aliphatic rings. The molecule has 0 saturated heterocycles. The van der Waals surface area contributed by atoms with E-state index >= 15 is 0 Å². The number of amides is 1. The highest BCUT2D eigenvalue weighted by Gasteiger charge is 2.25. The molecule has 152 valence electrons. The first-order valence-corrected chi connectivity index (χ1v) is 10.8. The summed E-state index contributed by atoms with van der Waals surface area (Å²) in [6, 6.07) is 7.97. The van der Waals surface area contributed by atoms with Crippen LogP contribution in [-0.2, 0) is 9.53 Å². The Hall–Kier alpha value is -1.82. The molecule has 1 amide bonds. The topological polar surface area (TPSA) is 71.2 Å². The number of ether oxygens (including phenoxy) is 1. The van der Waals surface area contributed by atoms with E-state index in [9.17, 15) is 9.59 Å². The van der Waals surface area contributed by atoms with E-state index in [-0.39, 0.29) is 17.9 Å². The van der Waals surface area contributed by atoms with Crippen LogP contribution in [0, 0.1) is 5.92 Å². The van der Waals surface area contributed by atoms with E-state index < -0.39 is 5.60 Å². The smallest absolute Gasteiger partial charge is 0.306 e. The molecule has 1 aromatic carbocycles. The van der Waals surface area contributed by atoms with Crippen LogP contribution in [0.15, 0.2) is 28.7 Å². The van der Waals surface area contributed by atoms with Crippen molar-refractivity contribution in [2.24, 2.45) is 5.92 Å². The number of carbonyl (C=O) groups is 2. The number of rotatable bonds is 5. The number of hydrogen-bond donors (Lipinski definition) is 2. The number of H-pyrrole nitrogens is 1. The van der Waals surface area contributed by atoms with Crippen molar-refractivity contribution in [1.29, 1.82) is 0 Å². The van der Waals surface area contributed by atoms with Crippen LogP contribution in [0.2, 0.25) is 0 Å². The molecule has 1 fully saturated rings. The third kappa shape index (κ3) is 5.84. The number of hydrogen-bond acceptors (Lipinski definition) is 3. The minimum absolute atomic E-state index is 0.0647. The molecule has 0 radical (unpaired) electrons. The summed E-state index contributed by atoms with van der Waals surface area (Å²) in [5, 5.41) is 4.19. The highest BCUT2D eigenvalue weighted by Crippen LogP contribution is 2.29. The van der Waals surface area contributed by atoms with Crippen LogP contribution in [0.3, 0.4) is 0 Å². The first kappa shape index (κ1) is 20.9. The molecule has 0 aliphatic heterocycles. The molecular formula is C22H29BrN2O3. The maximum atomic E-state index is 12.7. The maximum absolute atomic E-state index is 12.7. The minimum Gasteiger partial charge on any atom is -0.460 e. The van der Waals surface area contributed by atoms with Gasteiger partial charge in [-0.2, -0.15) is 0 Å². The Morgan fingerprint density at radius 2 is 2.04 bits per heavy atom. The van der Waals surface area contributed by atoms with Crippen LogP contribution in [0.1, 0.15) is 69.8 Å². The van der Waals surface area contributed by atoms with Gasteiger partial charge < -0.3 is 15.0 Å². The van der Waals surface area contributed by atoms with E-state index in [1.807, 2.05) is 45.0 Å². The van der Waals surface area contributed by atoms with Gasteiger partial charge in [0, 0.05) is 27.8 Å². The zero-order valence-corrected chi connectivity index (χ0v) is 18.4. The molecule has 3 rings (SSSR count). The van der Waals surface area contributed by atoms with Crippen molar-refractivity contribution in [2.75, 3.05) is 0 Å². The molecule has 1 heterocycles. The molecule has 1 unspecified atom stereocenters. The lowest BCUT2D eigenvalue weighted by Gasteiger charge is -2.30. The molecule has 28 heavy (non-hydrogen) atoms. The second-order valence-electron chi connectivity index (χ2n) is 8.74. The van der Waals surface area contributed by atoms with Gasteiger partial charge in [-0.25, -0.2) is 0 Å². The van der Waals surface area contributed by atoms with Crippen LogP contribution < -0.4 is 5.32 Å². The summed E-state index contributed by atoms with van der Waals surface area (Å²) in [5.74, 6) is 0.248. The van der Waals surface area contributed by atoms with Gasteiger partial charge in [-0.15, -0.1) is 0 Å². The summed E-state index contributed by atoms with van der Waals surface area (Å²) in [6.45, 7) is 5.67. The van der Waals surface area contributed by atoms with Crippen molar-refractivity contribution >= 4 is 38.7 Å². The molecule has 1 saturated carbocycles. The first-order valence-electron chi connectivity index (χ1n) is 10.0. The zero-order chi connectivity index (χ0) is 20.3. The number of nitrogens with one attached hydrogen (secondary N) is 2. The quantitative estimate of drug-likeness (QED) is 0.606. The van der Waals surface area contributed by atoms with Crippen molar-refractivity contribution in [3.63, 3.8) is 0 Å². The van der Waals surface area contributed by atoms with Gasteiger partial charge >= 0.3 is 5.97 Å². The predicted molar refractivity (Wildman–Crippen MR) is 114 cm³/mol. The summed E-state index contributed by atoms with van der Waals surface area (Å²) >= 11 is 3.45. The van der Waals surface area contributed by atoms with Crippen molar-refractivity contribution in [3.8, 4) is 0 Å². The van der Waals surface area contributed by atoms with Crippen LogP contribution in [0.4, 0.5) is 0 Å². The molecule has 2 N–H and O–H groups in total. The fourth-order valence-electron chi connectivity index (χ4n) is 3.88. The Labute approximate surface area is 174 Å². The molecule has 5 nitrogen and oxygen atoms in total. The number of fused-ring (bicyclic) bond motifs is 1. The molecule has 1 aliphatic carbocycles. The summed E-state index contributed by atoms with van der Waals surface area (Å²) in [7, 11) is 0. The van der Waals surface area contributed by atoms with E-state index in [1.165, 1.54) is 0 Å². The lowest BCUT2D eigenvalue weighted by Crippen LogP contribution is -2.38. The normalized spacial score (nSPS) is 20.1. The van der Waals surface area contributed by atoms with Gasteiger partial charge in [-0.05, 0) is 64.2 Å². The summed E-state index contributed by atoms with van der Waals surface area (Å²) in [6.07, 6.45) is 5.35. The average molecular weight is 449 g/mol. The number of carbonyl (C=O) groups excluding carboxylic acids is 2.